The molecule has 0 aliphatic heterocycles. The minimum absolute atomic E-state index is 0.894. The van der Waals surface area contributed by atoms with Gasteiger partial charge in [-0.25, -0.2) is 0 Å². The van der Waals surface area contributed by atoms with Crippen molar-refractivity contribution in [2.45, 2.75) is 78.1 Å². The highest BCUT2D eigenvalue weighted by molar-refractivity contribution is 5.78. The van der Waals surface area contributed by atoms with Crippen LogP contribution >= 0.6 is 0 Å². The van der Waals surface area contributed by atoms with E-state index in [1.807, 2.05) is 26.0 Å². The lowest BCUT2D eigenvalue weighted by Gasteiger charge is -2.12. The molecular formula is C17H39N3. The Kier molecular flexibility index (Phi) is 19.7. The third-order valence-electron chi connectivity index (χ3n) is 3.32. The molecule has 0 atom stereocenters. The standard InChI is InChI=1S/C12H26.C5H13N3/c1-3-5-7-9-11-12-10-8-6-4-2;1-6-5(7-2)8(3)4/h3-12H2,1-2H3;1-4H3,(H,6,7). The number of unbranched alkanes of at least 4 members (excludes halogenated alkanes) is 9. The zero-order chi connectivity index (χ0) is 15.6. The number of nitrogens with zero attached hydrogens (tertiary/aromatic N) is 2. The van der Waals surface area contributed by atoms with E-state index >= 15 is 0 Å². The fourth-order valence-corrected chi connectivity index (χ4v) is 2.10. The van der Waals surface area contributed by atoms with Gasteiger partial charge >= 0.3 is 0 Å². The summed E-state index contributed by atoms with van der Waals surface area (Å²) < 4.78 is 0. The molecule has 0 bridgehead atoms. The summed E-state index contributed by atoms with van der Waals surface area (Å²) in [4.78, 5) is 5.85. The monoisotopic (exact) mass is 285 g/mol. The normalized spacial score (nSPS) is 10.8. The molecule has 0 aromatic rings. The van der Waals surface area contributed by atoms with Gasteiger partial charge in [0, 0.05) is 28.2 Å². The van der Waals surface area contributed by atoms with Gasteiger partial charge in [-0.2, -0.15) is 0 Å². The maximum atomic E-state index is 3.94. The Labute approximate surface area is 128 Å². The van der Waals surface area contributed by atoms with Gasteiger partial charge in [-0.05, 0) is 0 Å². The molecule has 3 nitrogen and oxygen atoms in total. The fraction of sp³-hybridized carbons (Fsp3) is 0.941. The molecule has 0 heterocycles. The second-order valence-corrected chi connectivity index (χ2v) is 5.52. The van der Waals surface area contributed by atoms with Crippen LogP contribution in [0.15, 0.2) is 4.99 Å². The van der Waals surface area contributed by atoms with Crippen molar-refractivity contribution in [1.29, 1.82) is 0 Å². The number of hydrogen-bond donors (Lipinski definition) is 1. The van der Waals surface area contributed by atoms with Crippen molar-refractivity contribution in [3.8, 4) is 0 Å². The molecule has 1 N–H and O–H groups in total. The van der Waals surface area contributed by atoms with Gasteiger partial charge in [0.25, 0.3) is 0 Å². The Morgan fingerprint density at radius 3 is 1.30 bits per heavy atom. The molecule has 0 rings (SSSR count). The SMILES string of the molecule is CCCCCCCCCCCC.CN=C(NC)N(C)C. The van der Waals surface area contributed by atoms with Gasteiger partial charge in [0.1, 0.15) is 0 Å². The van der Waals surface area contributed by atoms with Gasteiger partial charge in [0.2, 0.25) is 0 Å². The molecule has 0 aliphatic rings. The molecule has 0 radical (unpaired) electrons. The predicted molar refractivity (Wildman–Crippen MR) is 93.6 cm³/mol. The molecule has 0 fully saturated rings. The Bertz CT molecular complexity index is 190. The fourth-order valence-electron chi connectivity index (χ4n) is 2.10. The lowest BCUT2D eigenvalue weighted by Crippen LogP contribution is -2.33. The van der Waals surface area contributed by atoms with E-state index in [9.17, 15) is 0 Å². The number of nitrogens with one attached hydrogen (secondary N) is 1. The molecule has 122 valence electrons. The van der Waals surface area contributed by atoms with Crippen LogP contribution in [0, 0.1) is 0 Å². The summed E-state index contributed by atoms with van der Waals surface area (Å²) >= 11 is 0. The van der Waals surface area contributed by atoms with Crippen molar-refractivity contribution in [3.05, 3.63) is 0 Å². The molecule has 0 saturated carbocycles. The second-order valence-electron chi connectivity index (χ2n) is 5.52. The van der Waals surface area contributed by atoms with Crippen LogP contribution in [-0.2, 0) is 0 Å². The maximum absolute atomic E-state index is 3.94. The van der Waals surface area contributed by atoms with Crippen LogP contribution < -0.4 is 5.32 Å². The van der Waals surface area contributed by atoms with Gasteiger partial charge in [-0.15, -0.1) is 0 Å². The van der Waals surface area contributed by atoms with Crippen molar-refractivity contribution in [3.63, 3.8) is 0 Å². The molecule has 0 aromatic carbocycles. The van der Waals surface area contributed by atoms with Gasteiger partial charge < -0.3 is 10.2 Å². The van der Waals surface area contributed by atoms with Crippen LogP contribution in [0.3, 0.4) is 0 Å². The summed E-state index contributed by atoms with van der Waals surface area (Å²) in [5.41, 5.74) is 0. The Morgan fingerprint density at radius 2 is 1.15 bits per heavy atom. The first-order chi connectivity index (χ1) is 9.63. The first-order valence-corrected chi connectivity index (χ1v) is 8.45. The molecule has 0 amide bonds. The minimum Gasteiger partial charge on any atom is -0.359 e. The highest BCUT2D eigenvalue weighted by atomic mass is 15.2. The van der Waals surface area contributed by atoms with Crippen LogP contribution in [-0.4, -0.2) is 39.1 Å². The topological polar surface area (TPSA) is 27.6 Å². The molecule has 0 saturated heterocycles. The summed E-state index contributed by atoms with van der Waals surface area (Å²) in [7, 11) is 7.49. The zero-order valence-corrected chi connectivity index (χ0v) is 15.0. The Morgan fingerprint density at radius 1 is 0.800 bits per heavy atom. The van der Waals surface area contributed by atoms with Gasteiger partial charge in [-0.3, -0.25) is 4.99 Å². The number of guanidine groups is 1. The average Bonchev–Trinajstić information content (AvgIpc) is 2.43. The summed E-state index contributed by atoms with van der Waals surface area (Å²) in [5, 5.41) is 2.93. The van der Waals surface area contributed by atoms with E-state index in [1.54, 1.807) is 7.05 Å². The van der Waals surface area contributed by atoms with Gasteiger partial charge in [0.15, 0.2) is 5.96 Å². The van der Waals surface area contributed by atoms with Gasteiger partial charge in [-0.1, -0.05) is 78.1 Å². The lowest BCUT2D eigenvalue weighted by atomic mass is 10.1. The minimum atomic E-state index is 0.894. The van der Waals surface area contributed by atoms with Crippen molar-refractivity contribution in [2.75, 3.05) is 28.2 Å². The Balaban J connectivity index is 0. The third kappa shape index (κ3) is 17.3. The molecular weight excluding hydrogens is 246 g/mol. The van der Waals surface area contributed by atoms with E-state index in [-0.39, 0.29) is 0 Å². The number of aliphatic imine (C=N–C) groups is 1. The smallest absolute Gasteiger partial charge is 0.192 e. The Hall–Kier alpha value is -0.730. The highest BCUT2D eigenvalue weighted by Gasteiger charge is 1.91. The van der Waals surface area contributed by atoms with E-state index in [0.29, 0.717) is 0 Å². The first kappa shape index (κ1) is 21.6. The summed E-state index contributed by atoms with van der Waals surface area (Å²) in [6.45, 7) is 4.56. The van der Waals surface area contributed by atoms with Crippen molar-refractivity contribution in [2.24, 2.45) is 4.99 Å². The highest BCUT2D eigenvalue weighted by Crippen LogP contribution is 2.09. The zero-order valence-electron chi connectivity index (χ0n) is 15.0. The summed E-state index contributed by atoms with van der Waals surface area (Å²) in [6.07, 6.45) is 14.4. The van der Waals surface area contributed by atoms with Crippen LogP contribution in [0.4, 0.5) is 0 Å². The van der Waals surface area contributed by atoms with E-state index in [1.165, 1.54) is 64.2 Å². The molecule has 0 aliphatic carbocycles. The van der Waals surface area contributed by atoms with Crippen LogP contribution in [0.1, 0.15) is 78.1 Å². The van der Waals surface area contributed by atoms with Crippen LogP contribution in [0.2, 0.25) is 0 Å². The maximum Gasteiger partial charge on any atom is 0.192 e. The van der Waals surface area contributed by atoms with Crippen molar-refractivity contribution >= 4 is 5.96 Å². The van der Waals surface area contributed by atoms with E-state index in [2.05, 4.69) is 24.2 Å². The summed E-state index contributed by atoms with van der Waals surface area (Å²) in [6, 6.07) is 0. The summed E-state index contributed by atoms with van der Waals surface area (Å²) in [5.74, 6) is 0.894. The second kappa shape index (κ2) is 18.3. The van der Waals surface area contributed by atoms with E-state index in [4.69, 9.17) is 0 Å². The lowest BCUT2D eigenvalue weighted by molar-refractivity contribution is 0.562. The van der Waals surface area contributed by atoms with E-state index in [0.717, 1.165) is 5.96 Å². The van der Waals surface area contributed by atoms with Crippen molar-refractivity contribution in [1.82, 2.24) is 10.2 Å². The average molecular weight is 286 g/mol. The molecule has 0 spiro atoms. The van der Waals surface area contributed by atoms with E-state index < -0.39 is 0 Å². The molecule has 0 unspecified atom stereocenters. The third-order valence-corrected chi connectivity index (χ3v) is 3.32. The number of rotatable bonds is 9. The molecule has 3 heteroatoms. The molecule has 20 heavy (non-hydrogen) atoms. The molecule has 0 aromatic heterocycles. The van der Waals surface area contributed by atoms with Crippen molar-refractivity contribution < 1.29 is 0 Å². The predicted octanol–water partition coefficient (Wildman–Crippen LogP) is 4.68. The van der Waals surface area contributed by atoms with Gasteiger partial charge in [0.05, 0.1) is 0 Å². The number of hydrogen-bond acceptors (Lipinski definition) is 1. The largest absolute Gasteiger partial charge is 0.359 e. The first-order valence-electron chi connectivity index (χ1n) is 8.45. The van der Waals surface area contributed by atoms with Crippen LogP contribution in [0.5, 0.6) is 0 Å². The quantitative estimate of drug-likeness (QED) is 0.378. The van der Waals surface area contributed by atoms with Crippen LogP contribution in [0.25, 0.3) is 0 Å².